The van der Waals surface area contributed by atoms with E-state index in [-0.39, 0.29) is 6.04 Å². The van der Waals surface area contributed by atoms with E-state index in [9.17, 15) is 0 Å². The number of rotatable bonds is 6. The van der Waals surface area contributed by atoms with Crippen LogP contribution in [0.2, 0.25) is 0 Å². The fourth-order valence-corrected chi connectivity index (χ4v) is 9.50. The van der Waals surface area contributed by atoms with Crippen LogP contribution in [0.1, 0.15) is 41.7 Å². The van der Waals surface area contributed by atoms with Gasteiger partial charge in [0, 0.05) is 17.0 Å². The first kappa shape index (κ1) is 33.4. The van der Waals surface area contributed by atoms with Crippen molar-refractivity contribution in [1.29, 1.82) is 0 Å². The maximum absolute atomic E-state index is 6.64. The van der Waals surface area contributed by atoms with Crippen LogP contribution < -0.4 is 10.1 Å². The summed E-state index contributed by atoms with van der Waals surface area (Å²) in [5.74, 6) is 0.891. The molecule has 11 rings (SSSR count). The number of aromatic nitrogens is 2. The summed E-state index contributed by atoms with van der Waals surface area (Å²) < 4.78 is 2.35. The summed E-state index contributed by atoms with van der Waals surface area (Å²) >= 11 is 0. The summed E-state index contributed by atoms with van der Waals surface area (Å²) in [5, 5.41) is 6.36. The van der Waals surface area contributed by atoms with Crippen molar-refractivity contribution < 1.29 is 4.94 Å². The summed E-state index contributed by atoms with van der Waals surface area (Å²) in [6.07, 6.45) is 1.94. The second-order valence-electron chi connectivity index (χ2n) is 15.5. The highest BCUT2D eigenvalue weighted by atomic mass is 16.8. The number of hydrogen-bond acceptors (Lipinski definition) is 4. The minimum atomic E-state index is -0.633. The number of hydrogen-bond donors (Lipinski definition) is 0. The van der Waals surface area contributed by atoms with E-state index in [1.807, 2.05) is 16.3 Å². The van der Waals surface area contributed by atoms with Gasteiger partial charge in [-0.15, -0.1) is 4.94 Å². The number of para-hydroxylation sites is 3. The van der Waals surface area contributed by atoms with Gasteiger partial charge in [-0.2, -0.15) is 5.06 Å². The monoisotopic (exact) mass is 736 g/mol. The van der Waals surface area contributed by atoms with Crippen molar-refractivity contribution in [2.24, 2.45) is 0 Å². The predicted octanol–water partition coefficient (Wildman–Crippen LogP) is 12.7. The Bertz CT molecular complexity index is 2990. The van der Waals surface area contributed by atoms with Gasteiger partial charge in [-0.05, 0) is 119 Å². The third-order valence-electron chi connectivity index (χ3n) is 12.0. The van der Waals surface area contributed by atoms with E-state index in [1.54, 1.807) is 0 Å². The summed E-state index contributed by atoms with van der Waals surface area (Å²) in [5.41, 5.74) is 15.6. The van der Waals surface area contributed by atoms with Crippen molar-refractivity contribution >= 4 is 38.9 Å². The van der Waals surface area contributed by atoms with Gasteiger partial charge in [0.05, 0.1) is 39.6 Å². The lowest BCUT2D eigenvalue weighted by Crippen LogP contribution is -2.31. The maximum atomic E-state index is 6.64. The molecule has 274 valence electrons. The second-order valence-corrected chi connectivity index (χ2v) is 15.5. The molecule has 2 aliphatic rings. The summed E-state index contributed by atoms with van der Waals surface area (Å²) in [7, 11) is 0. The molecular formula is C52H40N4O. The molecular weight excluding hydrogens is 697 g/mol. The Kier molecular flexibility index (Phi) is 7.50. The molecule has 0 unspecified atom stereocenters. The van der Waals surface area contributed by atoms with Gasteiger partial charge in [0.25, 0.3) is 0 Å². The van der Waals surface area contributed by atoms with E-state index in [0.717, 1.165) is 39.5 Å². The SMILES string of the molecule is Cc1ccccc1-c1ccnc(-n2c3ccccc3c3ccc(C4(c5cccc(N6ON(C(C)C)c7ccccc76)c5)c5ccccc5-c5ccccc54)cc32)c1. The predicted molar refractivity (Wildman–Crippen MR) is 233 cm³/mol. The molecule has 5 nitrogen and oxygen atoms in total. The van der Waals surface area contributed by atoms with E-state index in [1.165, 1.54) is 55.3 Å². The summed E-state index contributed by atoms with van der Waals surface area (Å²) in [6.45, 7) is 6.48. The van der Waals surface area contributed by atoms with E-state index in [0.29, 0.717) is 0 Å². The van der Waals surface area contributed by atoms with Crippen LogP contribution in [0.3, 0.4) is 0 Å². The standard InChI is InChI=1S/C52H40N4O/c1-34(2)55-48-25-12-13-26-49(48)56(57-55)39-17-14-16-37(32-39)52(45-22-9-6-19-41(45)42-20-7-10-23-46(42)52)38-27-28-44-43-21-8-11-24-47(43)54(50(44)33-38)51-31-36(29-30-53-51)40-18-5-4-15-35(40)3/h4-34H,1-3H3. The minimum Gasteiger partial charge on any atom is -0.294 e. The lowest BCUT2D eigenvalue weighted by atomic mass is 9.67. The Hall–Kier alpha value is -6.95. The molecule has 3 heterocycles. The van der Waals surface area contributed by atoms with Gasteiger partial charge in [0.1, 0.15) is 5.82 Å². The van der Waals surface area contributed by atoms with Crippen LogP contribution in [0.5, 0.6) is 0 Å². The van der Waals surface area contributed by atoms with Gasteiger partial charge < -0.3 is 0 Å². The Labute approximate surface area is 332 Å². The van der Waals surface area contributed by atoms with Crippen LogP contribution in [0.4, 0.5) is 17.1 Å². The smallest absolute Gasteiger partial charge is 0.138 e. The highest BCUT2D eigenvalue weighted by Gasteiger charge is 2.46. The van der Waals surface area contributed by atoms with E-state index in [4.69, 9.17) is 9.92 Å². The largest absolute Gasteiger partial charge is 0.294 e. The Morgan fingerprint density at radius 1 is 0.544 bits per heavy atom. The molecule has 0 amide bonds. The van der Waals surface area contributed by atoms with Gasteiger partial charge >= 0.3 is 0 Å². The molecule has 0 spiro atoms. The van der Waals surface area contributed by atoms with Crippen LogP contribution in [-0.4, -0.2) is 15.6 Å². The minimum absolute atomic E-state index is 0.157. The molecule has 0 fully saturated rings. The van der Waals surface area contributed by atoms with Crippen LogP contribution in [0, 0.1) is 6.92 Å². The molecule has 0 saturated heterocycles. The summed E-state index contributed by atoms with van der Waals surface area (Å²) in [4.78, 5) is 11.7. The molecule has 5 heteroatoms. The molecule has 9 aromatic rings. The van der Waals surface area contributed by atoms with Gasteiger partial charge in [0.15, 0.2) is 0 Å². The molecule has 0 N–H and O–H groups in total. The lowest BCUT2D eigenvalue weighted by Gasteiger charge is -2.34. The zero-order valence-electron chi connectivity index (χ0n) is 32.1. The Morgan fingerprint density at radius 3 is 1.96 bits per heavy atom. The topological polar surface area (TPSA) is 33.5 Å². The molecule has 2 aromatic heterocycles. The van der Waals surface area contributed by atoms with Crippen molar-refractivity contribution in [2.75, 3.05) is 10.1 Å². The van der Waals surface area contributed by atoms with E-state index >= 15 is 0 Å². The molecule has 0 bridgehead atoms. The average molecular weight is 737 g/mol. The van der Waals surface area contributed by atoms with Crippen molar-refractivity contribution in [3.63, 3.8) is 0 Å². The number of pyridine rings is 1. The van der Waals surface area contributed by atoms with Gasteiger partial charge in [-0.1, -0.05) is 127 Å². The van der Waals surface area contributed by atoms with Crippen molar-refractivity contribution in [3.05, 3.63) is 210 Å². The Morgan fingerprint density at radius 2 is 1.19 bits per heavy atom. The molecule has 0 saturated carbocycles. The van der Waals surface area contributed by atoms with Crippen molar-refractivity contribution in [3.8, 4) is 28.1 Å². The first-order valence-corrected chi connectivity index (χ1v) is 19.7. The van der Waals surface area contributed by atoms with Gasteiger partial charge in [-0.25, -0.2) is 10.0 Å². The van der Waals surface area contributed by atoms with Crippen LogP contribution in [0.25, 0.3) is 49.9 Å². The highest BCUT2D eigenvalue weighted by Crippen LogP contribution is 2.57. The zero-order chi connectivity index (χ0) is 38.3. The molecule has 0 atom stereocenters. The number of anilines is 3. The number of hydroxylamine groups is 1. The average Bonchev–Trinajstić information content (AvgIpc) is 3.91. The maximum Gasteiger partial charge on any atom is 0.138 e. The summed E-state index contributed by atoms with van der Waals surface area (Å²) in [6, 6.07) is 64.1. The van der Waals surface area contributed by atoms with E-state index < -0.39 is 5.41 Å². The molecule has 0 radical (unpaired) electrons. The molecule has 7 aromatic carbocycles. The highest BCUT2D eigenvalue weighted by molar-refractivity contribution is 6.09. The third kappa shape index (κ3) is 4.89. The van der Waals surface area contributed by atoms with Crippen LogP contribution in [0.15, 0.2) is 182 Å². The van der Waals surface area contributed by atoms with Crippen LogP contribution in [-0.2, 0) is 10.4 Å². The second kappa shape index (κ2) is 12.8. The Balaban J connectivity index is 1.18. The number of nitrogens with zero attached hydrogens (tertiary/aromatic N) is 4. The normalized spacial score (nSPS) is 14.0. The number of aryl methyl sites for hydroxylation is 1. The van der Waals surface area contributed by atoms with Gasteiger partial charge in [0.2, 0.25) is 0 Å². The van der Waals surface area contributed by atoms with E-state index in [2.05, 4.69) is 201 Å². The first-order valence-electron chi connectivity index (χ1n) is 19.7. The molecule has 1 aliphatic heterocycles. The quantitative estimate of drug-likeness (QED) is 0.170. The van der Waals surface area contributed by atoms with Crippen molar-refractivity contribution in [1.82, 2.24) is 9.55 Å². The lowest BCUT2D eigenvalue weighted by molar-refractivity contribution is 0.112. The fourth-order valence-electron chi connectivity index (χ4n) is 9.50. The van der Waals surface area contributed by atoms with Crippen molar-refractivity contribution in [2.45, 2.75) is 32.2 Å². The molecule has 57 heavy (non-hydrogen) atoms. The first-order chi connectivity index (χ1) is 28.0. The van der Waals surface area contributed by atoms with Gasteiger partial charge in [-0.3, -0.25) is 4.57 Å². The van der Waals surface area contributed by atoms with Crippen LogP contribution >= 0.6 is 0 Å². The third-order valence-corrected chi connectivity index (χ3v) is 12.0. The molecule has 1 aliphatic carbocycles. The number of fused-ring (bicyclic) bond motifs is 7. The fraction of sp³-hybridized carbons (Fsp3) is 0.0962. The zero-order valence-corrected chi connectivity index (χ0v) is 32.1. The number of benzene rings is 7.